The Balaban J connectivity index is 2.18. The van der Waals surface area contributed by atoms with Crippen molar-refractivity contribution in [3.05, 3.63) is 69.4 Å². The van der Waals surface area contributed by atoms with Crippen LogP contribution in [-0.2, 0) is 10.0 Å². The van der Waals surface area contributed by atoms with Gasteiger partial charge in [0.15, 0.2) is 0 Å². The minimum atomic E-state index is -3.83. The van der Waals surface area contributed by atoms with Gasteiger partial charge in [0.1, 0.15) is 0 Å². The highest BCUT2D eigenvalue weighted by molar-refractivity contribution is 7.92. The van der Waals surface area contributed by atoms with Gasteiger partial charge in [-0.2, -0.15) is 0 Å². The molecule has 0 saturated carbocycles. The molecule has 124 valence electrons. The molecule has 0 aliphatic carbocycles. The van der Waals surface area contributed by atoms with Crippen molar-refractivity contribution < 1.29 is 8.42 Å². The summed E-state index contributed by atoms with van der Waals surface area (Å²) in [6.45, 7) is 1.97. The molecule has 3 rings (SSSR count). The Morgan fingerprint density at radius 1 is 1.00 bits per heavy atom. The Bertz CT molecular complexity index is 1100. The quantitative estimate of drug-likeness (QED) is 0.746. The van der Waals surface area contributed by atoms with Crippen LogP contribution in [0.1, 0.15) is 6.92 Å². The molecule has 8 heteroatoms. The van der Waals surface area contributed by atoms with Crippen molar-refractivity contribution in [1.29, 1.82) is 0 Å². The van der Waals surface area contributed by atoms with E-state index in [2.05, 4.69) is 9.97 Å². The van der Waals surface area contributed by atoms with Crippen LogP contribution in [0.15, 0.2) is 63.0 Å². The number of fused-ring (bicyclic) bond motifs is 1. The molecule has 0 aliphatic heterocycles. The highest BCUT2D eigenvalue weighted by Crippen LogP contribution is 2.24. The lowest BCUT2D eigenvalue weighted by Crippen LogP contribution is -2.31. The predicted molar refractivity (Wildman–Crippen MR) is 91.8 cm³/mol. The first kappa shape index (κ1) is 16.0. The fourth-order valence-corrected chi connectivity index (χ4v) is 4.02. The number of hydrogen-bond acceptors (Lipinski definition) is 4. The van der Waals surface area contributed by atoms with E-state index in [1.807, 2.05) is 0 Å². The van der Waals surface area contributed by atoms with Gasteiger partial charge >= 0.3 is 5.69 Å². The lowest BCUT2D eigenvalue weighted by atomic mass is 10.2. The number of nitrogens with one attached hydrogen (secondary N) is 2. The van der Waals surface area contributed by atoms with Gasteiger partial charge in [0, 0.05) is 6.54 Å². The zero-order valence-corrected chi connectivity index (χ0v) is 13.6. The number of rotatable bonds is 4. The number of H-pyrrole nitrogens is 2. The normalized spacial score (nSPS) is 11.5. The van der Waals surface area contributed by atoms with Crippen molar-refractivity contribution in [2.45, 2.75) is 11.8 Å². The topological polar surface area (TPSA) is 103 Å². The number of sulfonamides is 1. The zero-order chi connectivity index (χ0) is 17.3. The van der Waals surface area contributed by atoms with Crippen LogP contribution in [0.25, 0.3) is 10.9 Å². The third-order valence-electron chi connectivity index (χ3n) is 3.63. The molecular formula is C16H15N3O4S. The summed E-state index contributed by atoms with van der Waals surface area (Å²) in [7, 11) is -3.83. The summed E-state index contributed by atoms with van der Waals surface area (Å²) in [6.07, 6.45) is 0. The molecule has 0 bridgehead atoms. The van der Waals surface area contributed by atoms with E-state index in [1.54, 1.807) is 37.3 Å². The Kier molecular flexibility index (Phi) is 3.98. The van der Waals surface area contributed by atoms with Gasteiger partial charge in [-0.1, -0.05) is 18.2 Å². The first-order chi connectivity index (χ1) is 11.4. The van der Waals surface area contributed by atoms with Crippen LogP contribution in [0.5, 0.6) is 0 Å². The van der Waals surface area contributed by atoms with E-state index in [0.29, 0.717) is 5.69 Å². The fourth-order valence-electron chi connectivity index (χ4n) is 2.52. The van der Waals surface area contributed by atoms with Gasteiger partial charge in [0.05, 0.1) is 21.5 Å². The number of benzene rings is 2. The first-order valence-electron chi connectivity index (χ1n) is 7.27. The summed E-state index contributed by atoms with van der Waals surface area (Å²) in [5, 5.41) is 0.111. The van der Waals surface area contributed by atoms with Gasteiger partial charge in [-0.05, 0) is 37.3 Å². The molecule has 0 spiro atoms. The highest BCUT2D eigenvalue weighted by atomic mass is 32.2. The van der Waals surface area contributed by atoms with Crippen LogP contribution in [-0.4, -0.2) is 24.9 Å². The molecule has 2 aromatic carbocycles. The molecule has 0 amide bonds. The number of aromatic nitrogens is 2. The summed E-state index contributed by atoms with van der Waals surface area (Å²) < 4.78 is 27.1. The number of nitrogens with zero attached hydrogens (tertiary/aromatic N) is 1. The number of anilines is 1. The summed E-state index contributed by atoms with van der Waals surface area (Å²) >= 11 is 0. The smallest absolute Gasteiger partial charge is 0.307 e. The third kappa shape index (κ3) is 2.71. The average molecular weight is 345 g/mol. The molecule has 0 aliphatic rings. The van der Waals surface area contributed by atoms with E-state index >= 15 is 0 Å². The molecule has 24 heavy (non-hydrogen) atoms. The Labute approximate surface area is 137 Å². The zero-order valence-electron chi connectivity index (χ0n) is 12.8. The maximum atomic E-state index is 12.9. The predicted octanol–water partition coefficient (Wildman–Crippen LogP) is 1.43. The van der Waals surface area contributed by atoms with Gasteiger partial charge in [0.2, 0.25) is 0 Å². The first-order valence-corrected chi connectivity index (χ1v) is 8.71. The van der Waals surface area contributed by atoms with E-state index < -0.39 is 21.3 Å². The van der Waals surface area contributed by atoms with Gasteiger partial charge in [-0.15, -0.1) is 0 Å². The van der Waals surface area contributed by atoms with Crippen molar-refractivity contribution in [3.63, 3.8) is 0 Å². The molecule has 1 aromatic heterocycles. The largest absolute Gasteiger partial charge is 0.326 e. The van der Waals surface area contributed by atoms with E-state index in [1.165, 1.54) is 22.5 Å². The van der Waals surface area contributed by atoms with Gasteiger partial charge < -0.3 is 4.98 Å². The molecule has 3 aromatic rings. The summed E-state index contributed by atoms with van der Waals surface area (Å²) in [5.41, 5.74) is -0.447. The SMILES string of the molecule is CCN(c1ccccc1)S(=O)(=O)c1ccc2[nH]c(=O)[nH]c(=O)c2c1. The van der Waals surface area contributed by atoms with Gasteiger partial charge in [-0.3, -0.25) is 14.1 Å². The van der Waals surface area contributed by atoms with E-state index in [4.69, 9.17) is 0 Å². The van der Waals surface area contributed by atoms with Crippen molar-refractivity contribution in [3.8, 4) is 0 Å². The number of aromatic amines is 2. The second-order valence-corrected chi connectivity index (χ2v) is 6.98. The summed E-state index contributed by atoms with van der Waals surface area (Å²) in [6, 6.07) is 12.8. The fraction of sp³-hybridized carbons (Fsp3) is 0.125. The minimum Gasteiger partial charge on any atom is -0.307 e. The van der Waals surface area contributed by atoms with Gasteiger partial charge in [-0.25, -0.2) is 13.2 Å². The minimum absolute atomic E-state index is 0.0155. The van der Waals surface area contributed by atoms with Crippen LogP contribution in [0, 0.1) is 0 Å². The molecule has 1 heterocycles. The van der Waals surface area contributed by atoms with Crippen molar-refractivity contribution >= 4 is 26.6 Å². The molecule has 0 saturated heterocycles. The number of para-hydroxylation sites is 1. The maximum absolute atomic E-state index is 12.9. The number of hydrogen-bond donors (Lipinski definition) is 2. The van der Waals surface area contributed by atoms with Crippen molar-refractivity contribution in [2.24, 2.45) is 0 Å². The Hall–Kier alpha value is -2.87. The van der Waals surface area contributed by atoms with E-state index in [9.17, 15) is 18.0 Å². The molecule has 0 atom stereocenters. The lowest BCUT2D eigenvalue weighted by Gasteiger charge is -2.23. The monoisotopic (exact) mass is 345 g/mol. The highest BCUT2D eigenvalue weighted by Gasteiger charge is 2.24. The molecule has 0 unspecified atom stereocenters. The average Bonchev–Trinajstić information content (AvgIpc) is 2.55. The van der Waals surface area contributed by atoms with Crippen molar-refractivity contribution in [1.82, 2.24) is 9.97 Å². The molecule has 0 fully saturated rings. The van der Waals surface area contributed by atoms with E-state index in [0.717, 1.165) is 0 Å². The molecular weight excluding hydrogens is 330 g/mol. The molecule has 2 N–H and O–H groups in total. The Morgan fingerprint density at radius 2 is 1.71 bits per heavy atom. The van der Waals surface area contributed by atoms with Crippen LogP contribution < -0.4 is 15.6 Å². The molecule has 0 radical (unpaired) electrons. The van der Waals surface area contributed by atoms with Crippen molar-refractivity contribution in [2.75, 3.05) is 10.8 Å². The maximum Gasteiger partial charge on any atom is 0.326 e. The van der Waals surface area contributed by atoms with Crippen LogP contribution in [0.2, 0.25) is 0 Å². The summed E-state index contributed by atoms with van der Waals surface area (Å²) in [4.78, 5) is 27.7. The van der Waals surface area contributed by atoms with Gasteiger partial charge in [0.25, 0.3) is 15.6 Å². The second-order valence-electron chi connectivity index (χ2n) is 5.12. The van der Waals surface area contributed by atoms with E-state index in [-0.39, 0.29) is 22.3 Å². The van der Waals surface area contributed by atoms with Crippen LogP contribution in [0.3, 0.4) is 0 Å². The lowest BCUT2D eigenvalue weighted by molar-refractivity contribution is 0.592. The third-order valence-corrected chi connectivity index (χ3v) is 5.53. The van der Waals surface area contributed by atoms with Crippen LogP contribution in [0.4, 0.5) is 5.69 Å². The standard InChI is InChI=1S/C16H15N3O4S/c1-2-19(11-6-4-3-5-7-11)24(22,23)12-8-9-14-13(10-12)15(20)18-16(21)17-14/h3-10H,2H2,1H3,(H2,17,18,20,21). The molecule has 7 nitrogen and oxygen atoms in total. The second kappa shape index (κ2) is 5.97. The summed E-state index contributed by atoms with van der Waals surface area (Å²) in [5.74, 6) is 0. The Morgan fingerprint density at radius 3 is 2.38 bits per heavy atom. The van der Waals surface area contributed by atoms with Crippen LogP contribution >= 0.6 is 0 Å².